The van der Waals surface area contributed by atoms with Crippen molar-refractivity contribution in [1.29, 1.82) is 0 Å². The number of hydrogen-bond acceptors (Lipinski definition) is 6. The molecule has 0 aliphatic heterocycles. The van der Waals surface area contributed by atoms with E-state index in [4.69, 9.17) is 27.9 Å². The summed E-state index contributed by atoms with van der Waals surface area (Å²) in [6, 6.07) is 12.3. The van der Waals surface area contributed by atoms with Gasteiger partial charge in [-0.1, -0.05) is 29.3 Å². The van der Waals surface area contributed by atoms with E-state index < -0.39 is 11.8 Å². The number of carbonyl (C=O) groups is 3. The van der Waals surface area contributed by atoms with Gasteiger partial charge < -0.3 is 24.8 Å². The van der Waals surface area contributed by atoms with E-state index in [-0.39, 0.29) is 24.1 Å². The van der Waals surface area contributed by atoms with E-state index in [0.29, 0.717) is 33.4 Å². The quantitative estimate of drug-likeness (QED) is 0.266. The summed E-state index contributed by atoms with van der Waals surface area (Å²) in [7, 11) is 3.49. The average molecular weight is 595 g/mol. The highest BCUT2D eigenvalue weighted by Gasteiger charge is 2.19. The number of halogens is 2. The van der Waals surface area contributed by atoms with Crippen molar-refractivity contribution in [3.05, 3.63) is 81.7 Å². The molecule has 0 bridgehead atoms. The first-order valence-electron chi connectivity index (χ1n) is 12.5. The second-order valence-corrected chi connectivity index (χ2v) is 9.94. The van der Waals surface area contributed by atoms with Crippen LogP contribution in [-0.2, 0) is 28.0 Å². The molecule has 3 amide bonds. The van der Waals surface area contributed by atoms with E-state index in [1.807, 2.05) is 36.7 Å². The topological polar surface area (TPSA) is 118 Å². The predicted octanol–water partition coefficient (Wildman–Crippen LogP) is 4.91. The van der Waals surface area contributed by atoms with E-state index in [1.165, 1.54) is 24.1 Å². The van der Waals surface area contributed by atoms with E-state index >= 15 is 0 Å². The number of ether oxygens (including phenoxy) is 1. The van der Waals surface area contributed by atoms with Crippen LogP contribution in [0, 0.1) is 6.92 Å². The van der Waals surface area contributed by atoms with Crippen molar-refractivity contribution in [3.8, 4) is 5.75 Å². The zero-order chi connectivity index (χ0) is 29.7. The van der Waals surface area contributed by atoms with Crippen LogP contribution in [0.15, 0.2) is 54.7 Å². The lowest BCUT2D eigenvalue weighted by Crippen LogP contribution is -2.37. The molecule has 41 heavy (non-hydrogen) atoms. The van der Waals surface area contributed by atoms with Crippen molar-refractivity contribution < 1.29 is 19.1 Å². The SMILES string of the molecule is CC(=O)Nc1ccc(/C=C/C(=O)NCC(=O)N(C)c2ccc(Cl)c(COc3cccc4c3nc(C)n4C)c2Cl)cn1. The summed E-state index contributed by atoms with van der Waals surface area (Å²) >= 11 is 13.1. The molecule has 0 saturated carbocycles. The van der Waals surface area contributed by atoms with Crippen molar-refractivity contribution in [1.82, 2.24) is 19.9 Å². The Hall–Kier alpha value is -4.41. The molecule has 0 aliphatic rings. The van der Waals surface area contributed by atoms with Gasteiger partial charge in [-0.25, -0.2) is 9.97 Å². The van der Waals surface area contributed by atoms with Gasteiger partial charge in [0.05, 0.1) is 22.8 Å². The Kier molecular flexibility index (Phi) is 9.26. The first-order valence-corrected chi connectivity index (χ1v) is 13.3. The van der Waals surface area contributed by atoms with Gasteiger partial charge in [-0.2, -0.15) is 0 Å². The minimum Gasteiger partial charge on any atom is -0.486 e. The van der Waals surface area contributed by atoms with Crippen LogP contribution < -0.4 is 20.3 Å². The second-order valence-electron chi connectivity index (χ2n) is 9.15. The third-order valence-electron chi connectivity index (χ3n) is 6.30. The molecule has 0 saturated heterocycles. The number of fused-ring (bicyclic) bond motifs is 1. The Labute approximate surface area is 246 Å². The van der Waals surface area contributed by atoms with Crippen molar-refractivity contribution in [3.63, 3.8) is 0 Å². The average Bonchev–Trinajstić information content (AvgIpc) is 3.24. The van der Waals surface area contributed by atoms with E-state index in [0.717, 1.165) is 16.9 Å². The van der Waals surface area contributed by atoms with Crippen LogP contribution >= 0.6 is 23.2 Å². The molecular weight excluding hydrogens is 567 g/mol. The summed E-state index contributed by atoms with van der Waals surface area (Å²) in [6.45, 7) is 3.10. The number of imidazole rings is 1. The first-order chi connectivity index (χ1) is 19.5. The van der Waals surface area contributed by atoms with Crippen LogP contribution in [0.4, 0.5) is 11.5 Å². The molecule has 0 aliphatic carbocycles. The smallest absolute Gasteiger partial charge is 0.246 e. The Bertz CT molecular complexity index is 1650. The number of hydrogen-bond donors (Lipinski definition) is 2. The van der Waals surface area contributed by atoms with Gasteiger partial charge in [0, 0.05) is 43.9 Å². The van der Waals surface area contributed by atoms with Crippen LogP contribution in [0.5, 0.6) is 5.75 Å². The van der Waals surface area contributed by atoms with Gasteiger partial charge in [-0.05, 0) is 55.0 Å². The molecular formula is C29H28Cl2N6O4. The summed E-state index contributed by atoms with van der Waals surface area (Å²) in [5.74, 6) is 0.761. The zero-order valence-electron chi connectivity index (χ0n) is 22.9. The molecule has 0 fully saturated rings. The standard InChI is InChI=1S/C29H28Cl2N6O4/c1-17-34-29-23(36(17)3)6-5-7-24(29)41-16-20-21(30)10-11-22(28(20)31)37(4)27(40)15-33-26(39)13-9-19-8-12-25(32-14-19)35-18(2)38/h5-14H,15-16H2,1-4H3,(H,33,39)(H,32,35,38)/b13-9+. The van der Waals surface area contributed by atoms with Gasteiger partial charge in [-0.15, -0.1) is 0 Å². The van der Waals surface area contributed by atoms with Gasteiger partial charge >= 0.3 is 0 Å². The van der Waals surface area contributed by atoms with Crippen molar-refractivity contribution in [2.75, 3.05) is 23.8 Å². The van der Waals surface area contributed by atoms with Crippen LogP contribution in [0.25, 0.3) is 17.1 Å². The fourth-order valence-corrected chi connectivity index (χ4v) is 4.56. The van der Waals surface area contributed by atoms with Crippen molar-refractivity contribution in [2.45, 2.75) is 20.5 Å². The Morgan fingerprint density at radius 2 is 1.90 bits per heavy atom. The molecule has 4 rings (SSSR count). The van der Waals surface area contributed by atoms with Crippen molar-refractivity contribution in [2.24, 2.45) is 7.05 Å². The number of rotatable bonds is 9. The van der Waals surface area contributed by atoms with Crippen LogP contribution in [0.2, 0.25) is 10.0 Å². The monoisotopic (exact) mass is 594 g/mol. The molecule has 0 radical (unpaired) electrons. The minimum atomic E-state index is -0.465. The summed E-state index contributed by atoms with van der Waals surface area (Å²) in [4.78, 5) is 46.2. The highest BCUT2D eigenvalue weighted by Crippen LogP contribution is 2.35. The lowest BCUT2D eigenvalue weighted by molar-refractivity contribution is -0.122. The number of aromatic nitrogens is 3. The number of para-hydroxylation sites is 1. The number of pyridine rings is 1. The molecule has 2 aromatic carbocycles. The first kappa shape index (κ1) is 29.6. The Morgan fingerprint density at radius 3 is 2.61 bits per heavy atom. The Balaban J connectivity index is 1.38. The molecule has 0 spiro atoms. The van der Waals surface area contributed by atoms with Gasteiger partial charge in [-0.3, -0.25) is 14.4 Å². The number of nitrogens with zero attached hydrogens (tertiary/aromatic N) is 4. The van der Waals surface area contributed by atoms with Crippen LogP contribution in [-0.4, -0.2) is 45.8 Å². The summed E-state index contributed by atoms with van der Waals surface area (Å²) in [6.07, 6.45) is 4.34. The molecule has 4 aromatic rings. The molecule has 212 valence electrons. The van der Waals surface area contributed by atoms with Gasteiger partial charge in [0.25, 0.3) is 0 Å². The largest absolute Gasteiger partial charge is 0.486 e. The third kappa shape index (κ3) is 7.03. The number of likely N-dealkylation sites (N-methyl/N-ethyl adjacent to an activating group) is 1. The molecule has 10 nitrogen and oxygen atoms in total. The van der Waals surface area contributed by atoms with Crippen LogP contribution in [0.3, 0.4) is 0 Å². The maximum Gasteiger partial charge on any atom is 0.246 e. The minimum absolute atomic E-state index is 0.0600. The summed E-state index contributed by atoms with van der Waals surface area (Å²) in [5, 5.41) is 5.78. The molecule has 2 aromatic heterocycles. The molecule has 0 unspecified atom stereocenters. The predicted molar refractivity (Wildman–Crippen MR) is 160 cm³/mol. The summed E-state index contributed by atoms with van der Waals surface area (Å²) < 4.78 is 8.03. The second kappa shape index (κ2) is 12.8. The number of benzene rings is 2. The summed E-state index contributed by atoms with van der Waals surface area (Å²) in [5.41, 5.74) is 3.24. The lowest BCUT2D eigenvalue weighted by Gasteiger charge is -2.21. The number of nitrogens with one attached hydrogen (secondary N) is 2. The lowest BCUT2D eigenvalue weighted by atomic mass is 10.2. The number of aryl methyl sites for hydroxylation is 2. The van der Waals surface area contributed by atoms with E-state index in [1.54, 1.807) is 37.4 Å². The zero-order valence-corrected chi connectivity index (χ0v) is 24.4. The maximum absolute atomic E-state index is 12.9. The molecule has 2 heterocycles. The maximum atomic E-state index is 12.9. The normalized spacial score (nSPS) is 11.1. The van der Waals surface area contributed by atoms with Crippen LogP contribution in [0.1, 0.15) is 23.9 Å². The fourth-order valence-electron chi connectivity index (χ4n) is 3.95. The van der Waals surface area contributed by atoms with Gasteiger partial charge in [0.15, 0.2) is 0 Å². The highest BCUT2D eigenvalue weighted by atomic mass is 35.5. The third-order valence-corrected chi connectivity index (χ3v) is 7.08. The number of anilines is 2. The van der Waals surface area contributed by atoms with Gasteiger partial charge in [0.2, 0.25) is 17.7 Å². The Morgan fingerprint density at radius 1 is 1.12 bits per heavy atom. The van der Waals surface area contributed by atoms with E-state index in [2.05, 4.69) is 20.6 Å². The highest BCUT2D eigenvalue weighted by molar-refractivity contribution is 6.38. The molecule has 2 N–H and O–H groups in total. The number of carbonyl (C=O) groups excluding carboxylic acids is 3. The molecule has 12 heteroatoms. The van der Waals surface area contributed by atoms with Gasteiger partial charge in [0.1, 0.15) is 29.5 Å². The fraction of sp³-hybridized carbons (Fsp3) is 0.207. The van der Waals surface area contributed by atoms with Crippen molar-refractivity contribution >= 4 is 69.5 Å². The van der Waals surface area contributed by atoms with E-state index in [9.17, 15) is 14.4 Å². The molecule has 0 atom stereocenters. The number of amides is 3.